The van der Waals surface area contributed by atoms with Gasteiger partial charge in [0.05, 0.1) is 18.1 Å². The second-order valence-electron chi connectivity index (χ2n) is 6.52. The molecule has 0 unspecified atom stereocenters. The quantitative estimate of drug-likeness (QED) is 0.577. The van der Waals surface area contributed by atoms with Crippen molar-refractivity contribution in [1.82, 2.24) is 9.21 Å². The lowest BCUT2D eigenvalue weighted by Gasteiger charge is -2.29. The molecule has 0 radical (unpaired) electrons. The van der Waals surface area contributed by atoms with Crippen molar-refractivity contribution >= 4 is 10.0 Å². The molecular formula is C18H28F2N2O3S. The van der Waals surface area contributed by atoms with Crippen molar-refractivity contribution in [1.29, 1.82) is 0 Å². The highest BCUT2D eigenvalue weighted by atomic mass is 32.2. The molecule has 1 aromatic rings. The highest BCUT2D eigenvalue weighted by molar-refractivity contribution is 7.89. The Balaban J connectivity index is 2.11. The van der Waals surface area contributed by atoms with Gasteiger partial charge in [0.25, 0.3) is 0 Å². The Kier molecular flexibility index (Phi) is 8.40. The number of hydrogen-bond donors (Lipinski definition) is 0. The Morgan fingerprint density at radius 3 is 2.31 bits per heavy atom. The molecule has 8 heteroatoms. The van der Waals surface area contributed by atoms with Gasteiger partial charge in [-0.25, -0.2) is 17.2 Å². The van der Waals surface area contributed by atoms with Crippen LogP contribution < -0.4 is 0 Å². The summed E-state index contributed by atoms with van der Waals surface area (Å²) in [5.41, 5.74) is 0. The van der Waals surface area contributed by atoms with Gasteiger partial charge in [-0.2, -0.15) is 4.31 Å². The third-order valence-electron chi connectivity index (χ3n) is 4.50. The minimum atomic E-state index is -3.94. The van der Waals surface area contributed by atoms with Gasteiger partial charge in [0.2, 0.25) is 10.0 Å². The van der Waals surface area contributed by atoms with Crippen molar-refractivity contribution in [2.24, 2.45) is 0 Å². The molecule has 1 aromatic carbocycles. The number of nitrogens with zero attached hydrogens (tertiary/aromatic N) is 2. The van der Waals surface area contributed by atoms with Crippen LogP contribution in [0.4, 0.5) is 8.78 Å². The van der Waals surface area contributed by atoms with Crippen LogP contribution in [0.15, 0.2) is 23.1 Å². The number of ether oxygens (including phenoxy) is 1. The maximum Gasteiger partial charge on any atom is 0.243 e. The maximum absolute atomic E-state index is 13.5. The Morgan fingerprint density at radius 1 is 1.04 bits per heavy atom. The smallest absolute Gasteiger partial charge is 0.243 e. The monoisotopic (exact) mass is 390 g/mol. The van der Waals surface area contributed by atoms with Gasteiger partial charge in [0.15, 0.2) is 0 Å². The van der Waals surface area contributed by atoms with E-state index in [4.69, 9.17) is 4.74 Å². The van der Waals surface area contributed by atoms with Crippen LogP contribution in [0.2, 0.25) is 0 Å². The lowest BCUT2D eigenvalue weighted by molar-refractivity contribution is 0.0362. The molecule has 26 heavy (non-hydrogen) atoms. The Bertz CT molecular complexity index is 644. The summed E-state index contributed by atoms with van der Waals surface area (Å²) >= 11 is 0. The molecule has 0 bridgehead atoms. The van der Waals surface area contributed by atoms with E-state index in [1.54, 1.807) is 0 Å². The van der Waals surface area contributed by atoms with Gasteiger partial charge in [-0.05, 0) is 18.6 Å². The third kappa shape index (κ3) is 6.26. The minimum Gasteiger partial charge on any atom is -0.379 e. The predicted molar refractivity (Wildman–Crippen MR) is 96.5 cm³/mol. The van der Waals surface area contributed by atoms with Crippen molar-refractivity contribution in [3.8, 4) is 0 Å². The highest BCUT2D eigenvalue weighted by Gasteiger charge is 2.26. The summed E-state index contributed by atoms with van der Waals surface area (Å²) < 4.78 is 59.5. The van der Waals surface area contributed by atoms with Crippen molar-refractivity contribution < 1.29 is 21.9 Å². The van der Waals surface area contributed by atoms with E-state index >= 15 is 0 Å². The SMILES string of the molecule is CCCCCCN(CCN1CCOCC1)S(=O)(=O)c1cc(F)cc(F)c1. The number of rotatable bonds is 10. The van der Waals surface area contributed by atoms with Crippen LogP contribution in [0.25, 0.3) is 0 Å². The van der Waals surface area contributed by atoms with Gasteiger partial charge >= 0.3 is 0 Å². The lowest BCUT2D eigenvalue weighted by atomic mass is 10.2. The number of morpholine rings is 1. The molecule has 0 N–H and O–H groups in total. The fourth-order valence-electron chi connectivity index (χ4n) is 2.97. The second kappa shape index (κ2) is 10.3. The third-order valence-corrected chi connectivity index (χ3v) is 6.38. The zero-order valence-electron chi connectivity index (χ0n) is 15.3. The standard InChI is InChI=1S/C18H28F2N2O3S/c1-2-3-4-5-6-22(8-7-21-9-11-25-12-10-21)26(23,24)18-14-16(19)13-17(20)15-18/h13-15H,2-12H2,1H3. The van der Waals surface area contributed by atoms with Crippen LogP contribution in [0, 0.1) is 11.6 Å². The van der Waals surface area contributed by atoms with E-state index in [0.717, 1.165) is 50.9 Å². The van der Waals surface area contributed by atoms with E-state index in [0.29, 0.717) is 38.9 Å². The van der Waals surface area contributed by atoms with Crippen LogP contribution in [-0.2, 0) is 14.8 Å². The Hall–Kier alpha value is -1.09. The van der Waals surface area contributed by atoms with Gasteiger partial charge < -0.3 is 4.74 Å². The number of hydrogen-bond acceptors (Lipinski definition) is 4. The molecule has 1 saturated heterocycles. The molecular weight excluding hydrogens is 362 g/mol. The topological polar surface area (TPSA) is 49.9 Å². The van der Waals surface area contributed by atoms with Crippen LogP contribution in [0.3, 0.4) is 0 Å². The molecule has 2 rings (SSSR count). The summed E-state index contributed by atoms with van der Waals surface area (Å²) in [6.07, 6.45) is 3.74. The molecule has 1 aliphatic rings. The van der Waals surface area contributed by atoms with E-state index < -0.39 is 21.7 Å². The van der Waals surface area contributed by atoms with Crippen molar-refractivity contribution in [3.63, 3.8) is 0 Å². The number of sulfonamides is 1. The summed E-state index contributed by atoms with van der Waals surface area (Å²) in [4.78, 5) is 1.82. The molecule has 0 atom stereocenters. The zero-order valence-corrected chi connectivity index (χ0v) is 16.1. The van der Waals surface area contributed by atoms with Crippen molar-refractivity contribution in [3.05, 3.63) is 29.8 Å². The largest absolute Gasteiger partial charge is 0.379 e. The van der Waals surface area contributed by atoms with Gasteiger partial charge in [0, 0.05) is 38.8 Å². The fraction of sp³-hybridized carbons (Fsp3) is 0.667. The van der Waals surface area contributed by atoms with Gasteiger partial charge in [-0.15, -0.1) is 0 Å². The van der Waals surface area contributed by atoms with Gasteiger partial charge in [0.1, 0.15) is 11.6 Å². The molecule has 1 aliphatic heterocycles. The first kappa shape index (κ1) is 21.2. The molecule has 148 valence electrons. The molecule has 1 fully saturated rings. The second-order valence-corrected chi connectivity index (χ2v) is 8.46. The summed E-state index contributed by atoms with van der Waals surface area (Å²) in [5.74, 6) is -1.77. The van der Waals surface area contributed by atoms with Gasteiger partial charge in [-0.1, -0.05) is 26.2 Å². The summed E-state index contributed by atoms with van der Waals surface area (Å²) in [5, 5.41) is 0. The molecule has 0 aromatic heterocycles. The lowest BCUT2D eigenvalue weighted by Crippen LogP contribution is -2.43. The molecule has 0 saturated carbocycles. The summed E-state index contributed by atoms with van der Waals surface area (Å²) in [6.45, 7) is 6.11. The van der Waals surface area contributed by atoms with Crippen LogP contribution >= 0.6 is 0 Å². The van der Waals surface area contributed by atoms with E-state index in [-0.39, 0.29) is 4.90 Å². The molecule has 5 nitrogen and oxygen atoms in total. The highest BCUT2D eigenvalue weighted by Crippen LogP contribution is 2.19. The molecule has 0 aliphatic carbocycles. The van der Waals surface area contributed by atoms with E-state index in [2.05, 4.69) is 11.8 Å². The van der Waals surface area contributed by atoms with E-state index in [1.807, 2.05) is 0 Å². The first-order valence-electron chi connectivity index (χ1n) is 9.20. The van der Waals surface area contributed by atoms with E-state index in [9.17, 15) is 17.2 Å². The zero-order chi connectivity index (χ0) is 19.0. The molecule has 1 heterocycles. The summed E-state index contributed by atoms with van der Waals surface area (Å²) in [7, 11) is -3.94. The maximum atomic E-state index is 13.5. The van der Waals surface area contributed by atoms with Crippen molar-refractivity contribution in [2.75, 3.05) is 45.9 Å². The Labute approximate surface area is 155 Å². The average Bonchev–Trinajstić information content (AvgIpc) is 2.61. The normalized spacial score (nSPS) is 16.3. The first-order valence-corrected chi connectivity index (χ1v) is 10.6. The predicted octanol–water partition coefficient (Wildman–Crippen LogP) is 2.87. The minimum absolute atomic E-state index is 0.298. The van der Waals surface area contributed by atoms with Crippen molar-refractivity contribution in [2.45, 2.75) is 37.5 Å². The number of halogens is 2. The van der Waals surface area contributed by atoms with Gasteiger partial charge in [-0.3, -0.25) is 4.90 Å². The molecule has 0 spiro atoms. The number of benzene rings is 1. The first-order chi connectivity index (χ1) is 12.4. The van der Waals surface area contributed by atoms with E-state index in [1.165, 1.54) is 4.31 Å². The average molecular weight is 390 g/mol. The van der Waals surface area contributed by atoms with Crippen LogP contribution in [-0.4, -0.2) is 63.6 Å². The summed E-state index contributed by atoms with van der Waals surface area (Å²) in [6, 6.07) is 2.44. The van der Waals surface area contributed by atoms with Crippen LogP contribution in [0.1, 0.15) is 32.6 Å². The molecule has 0 amide bonds. The van der Waals surface area contributed by atoms with Crippen LogP contribution in [0.5, 0.6) is 0 Å². The number of unbranched alkanes of at least 4 members (excludes halogenated alkanes) is 3. The fourth-order valence-corrected chi connectivity index (χ4v) is 4.48. The Morgan fingerprint density at radius 2 is 1.69 bits per heavy atom.